The summed E-state index contributed by atoms with van der Waals surface area (Å²) < 4.78 is 3.30. The van der Waals surface area contributed by atoms with E-state index in [1.54, 1.807) is 15.3 Å². The van der Waals surface area contributed by atoms with Gasteiger partial charge >= 0.3 is 0 Å². The van der Waals surface area contributed by atoms with Crippen LogP contribution in [0.2, 0.25) is 5.02 Å². The molecule has 0 spiro atoms. The summed E-state index contributed by atoms with van der Waals surface area (Å²) in [4.78, 5) is 12.9. The monoisotopic (exact) mass is 338 g/mol. The third-order valence-corrected chi connectivity index (χ3v) is 4.44. The first-order valence-electron chi connectivity index (χ1n) is 7.67. The molecule has 0 unspecified atom stereocenters. The van der Waals surface area contributed by atoms with E-state index in [-0.39, 0.29) is 5.56 Å². The van der Waals surface area contributed by atoms with Crippen LogP contribution in [-0.4, -0.2) is 14.3 Å². The van der Waals surface area contributed by atoms with E-state index in [0.717, 1.165) is 16.6 Å². The molecular formula is C18H15ClN4O. The van der Waals surface area contributed by atoms with Gasteiger partial charge in [0.1, 0.15) is 16.7 Å². The number of pyridine rings is 1. The number of fused-ring (bicyclic) bond motifs is 3. The Morgan fingerprint density at radius 3 is 2.62 bits per heavy atom. The third-order valence-electron chi connectivity index (χ3n) is 4.20. The summed E-state index contributed by atoms with van der Waals surface area (Å²) in [7, 11) is 0. The van der Waals surface area contributed by atoms with Crippen LogP contribution in [0, 0.1) is 0 Å². The molecule has 0 aliphatic rings. The van der Waals surface area contributed by atoms with Crippen LogP contribution in [0.4, 0.5) is 5.82 Å². The Kier molecular flexibility index (Phi) is 3.32. The summed E-state index contributed by atoms with van der Waals surface area (Å²) in [5, 5.41) is 6.45. The zero-order chi connectivity index (χ0) is 16.8. The van der Waals surface area contributed by atoms with Crippen LogP contribution in [0.1, 0.15) is 6.92 Å². The molecule has 6 heteroatoms. The van der Waals surface area contributed by atoms with Crippen LogP contribution in [0.25, 0.3) is 27.5 Å². The van der Waals surface area contributed by atoms with Crippen molar-refractivity contribution in [2.75, 3.05) is 5.73 Å². The Labute approximate surface area is 142 Å². The minimum Gasteiger partial charge on any atom is -0.383 e. The van der Waals surface area contributed by atoms with Crippen molar-refractivity contribution in [2.45, 2.75) is 13.5 Å². The number of nitrogens with two attached hydrogens (primary N) is 1. The SMILES string of the molecule is CCn1c(=O)c2c(N)n(-c3ccccc3)nc2c2cc(Cl)ccc21. The Bertz CT molecular complexity index is 1130. The molecule has 2 N–H and O–H groups in total. The minimum absolute atomic E-state index is 0.137. The van der Waals surface area contributed by atoms with Gasteiger partial charge in [-0.1, -0.05) is 29.8 Å². The first-order chi connectivity index (χ1) is 11.6. The van der Waals surface area contributed by atoms with Crippen molar-refractivity contribution in [1.29, 1.82) is 0 Å². The highest BCUT2D eigenvalue weighted by Gasteiger charge is 2.19. The van der Waals surface area contributed by atoms with Crippen LogP contribution >= 0.6 is 11.6 Å². The Balaban J connectivity index is 2.21. The van der Waals surface area contributed by atoms with Crippen molar-refractivity contribution in [3.63, 3.8) is 0 Å². The largest absolute Gasteiger partial charge is 0.383 e. The number of benzene rings is 2. The molecule has 0 saturated heterocycles. The summed E-state index contributed by atoms with van der Waals surface area (Å²) in [6, 6.07) is 15.0. The maximum Gasteiger partial charge on any atom is 0.264 e. The van der Waals surface area contributed by atoms with Crippen molar-refractivity contribution < 1.29 is 0 Å². The van der Waals surface area contributed by atoms with E-state index in [1.165, 1.54) is 0 Å². The van der Waals surface area contributed by atoms with Gasteiger partial charge in [0.25, 0.3) is 5.56 Å². The summed E-state index contributed by atoms with van der Waals surface area (Å²) in [6.45, 7) is 2.47. The van der Waals surface area contributed by atoms with Gasteiger partial charge in [0.2, 0.25) is 0 Å². The molecule has 24 heavy (non-hydrogen) atoms. The predicted octanol–water partition coefficient (Wildman–Crippen LogP) is 3.60. The molecule has 0 amide bonds. The highest BCUT2D eigenvalue weighted by molar-refractivity contribution is 6.31. The van der Waals surface area contributed by atoms with Gasteiger partial charge in [-0.05, 0) is 37.3 Å². The molecule has 0 aliphatic heterocycles. The van der Waals surface area contributed by atoms with Crippen LogP contribution in [0.15, 0.2) is 53.3 Å². The van der Waals surface area contributed by atoms with Crippen LogP contribution < -0.4 is 11.3 Å². The Morgan fingerprint density at radius 2 is 1.92 bits per heavy atom. The lowest BCUT2D eigenvalue weighted by molar-refractivity contribution is 0.767. The molecule has 0 fully saturated rings. The number of hydrogen-bond acceptors (Lipinski definition) is 3. The average molecular weight is 339 g/mol. The normalized spacial score (nSPS) is 11.4. The lowest BCUT2D eigenvalue weighted by atomic mass is 10.1. The van der Waals surface area contributed by atoms with E-state index >= 15 is 0 Å². The summed E-state index contributed by atoms with van der Waals surface area (Å²) in [5.74, 6) is 0.338. The van der Waals surface area contributed by atoms with Gasteiger partial charge in [-0.3, -0.25) is 4.79 Å². The Hall–Kier alpha value is -2.79. The highest BCUT2D eigenvalue weighted by Crippen LogP contribution is 2.29. The van der Waals surface area contributed by atoms with Crippen molar-refractivity contribution in [2.24, 2.45) is 0 Å². The van der Waals surface area contributed by atoms with E-state index in [2.05, 4.69) is 5.10 Å². The second-order valence-corrected chi connectivity index (χ2v) is 6.00. The molecule has 0 saturated carbocycles. The highest BCUT2D eigenvalue weighted by atomic mass is 35.5. The van der Waals surface area contributed by atoms with E-state index in [4.69, 9.17) is 17.3 Å². The first kappa shape index (κ1) is 14.8. The maximum absolute atomic E-state index is 12.9. The molecule has 2 aromatic heterocycles. The molecule has 2 heterocycles. The quantitative estimate of drug-likeness (QED) is 0.607. The van der Waals surface area contributed by atoms with Gasteiger partial charge < -0.3 is 10.3 Å². The molecular weight excluding hydrogens is 324 g/mol. The van der Waals surface area contributed by atoms with Gasteiger partial charge in [-0.15, -0.1) is 0 Å². The number of anilines is 1. The van der Waals surface area contributed by atoms with E-state index in [9.17, 15) is 4.79 Å². The van der Waals surface area contributed by atoms with Crippen molar-refractivity contribution in [3.05, 3.63) is 63.9 Å². The smallest absolute Gasteiger partial charge is 0.264 e. The van der Waals surface area contributed by atoms with E-state index in [0.29, 0.717) is 28.3 Å². The summed E-state index contributed by atoms with van der Waals surface area (Å²) in [6.07, 6.45) is 0. The second kappa shape index (κ2) is 5.39. The number of halogens is 1. The lowest BCUT2D eigenvalue weighted by Crippen LogP contribution is -2.20. The molecule has 0 aliphatic carbocycles. The second-order valence-electron chi connectivity index (χ2n) is 5.57. The van der Waals surface area contributed by atoms with Gasteiger partial charge in [-0.25, -0.2) is 4.68 Å². The number of nitrogens with zero attached hydrogens (tertiary/aromatic N) is 3. The lowest BCUT2D eigenvalue weighted by Gasteiger charge is -2.08. The van der Waals surface area contributed by atoms with Crippen LogP contribution in [-0.2, 0) is 6.54 Å². The molecule has 4 rings (SSSR count). The standard InChI is InChI=1S/C18H15ClN4O/c1-2-22-14-9-8-11(19)10-13(14)16-15(18(22)24)17(20)23(21-16)12-6-4-3-5-7-12/h3-10H,2,20H2,1H3. The molecule has 0 atom stereocenters. The summed E-state index contributed by atoms with van der Waals surface area (Å²) in [5.41, 5.74) is 8.33. The zero-order valence-corrected chi connectivity index (χ0v) is 13.8. The molecule has 0 bridgehead atoms. The maximum atomic E-state index is 12.9. The number of para-hydroxylation sites is 1. The fourth-order valence-corrected chi connectivity index (χ4v) is 3.26. The Morgan fingerprint density at radius 1 is 1.17 bits per heavy atom. The van der Waals surface area contributed by atoms with Gasteiger partial charge in [0.15, 0.2) is 0 Å². The average Bonchev–Trinajstić information content (AvgIpc) is 2.95. The van der Waals surface area contributed by atoms with Crippen LogP contribution in [0.3, 0.4) is 0 Å². The van der Waals surface area contributed by atoms with E-state index < -0.39 is 0 Å². The van der Waals surface area contributed by atoms with E-state index in [1.807, 2.05) is 49.4 Å². The number of aromatic nitrogens is 3. The summed E-state index contributed by atoms with van der Waals surface area (Å²) >= 11 is 6.16. The number of hydrogen-bond donors (Lipinski definition) is 1. The van der Waals surface area contributed by atoms with Crippen LogP contribution in [0.5, 0.6) is 0 Å². The van der Waals surface area contributed by atoms with Gasteiger partial charge in [0, 0.05) is 17.0 Å². The minimum atomic E-state index is -0.137. The first-order valence-corrected chi connectivity index (χ1v) is 8.05. The topological polar surface area (TPSA) is 65.8 Å². The zero-order valence-electron chi connectivity index (χ0n) is 13.0. The number of nitrogen functional groups attached to an aromatic ring is 1. The fraction of sp³-hybridized carbons (Fsp3) is 0.111. The molecule has 2 aromatic carbocycles. The predicted molar refractivity (Wildman–Crippen MR) is 97.9 cm³/mol. The molecule has 5 nitrogen and oxygen atoms in total. The molecule has 120 valence electrons. The van der Waals surface area contributed by atoms with Crippen molar-refractivity contribution >= 4 is 39.2 Å². The molecule has 4 aromatic rings. The van der Waals surface area contributed by atoms with Crippen molar-refractivity contribution in [1.82, 2.24) is 14.3 Å². The third kappa shape index (κ3) is 2.02. The van der Waals surface area contributed by atoms with Crippen molar-refractivity contribution in [3.8, 4) is 5.69 Å². The molecule has 0 radical (unpaired) electrons. The fourth-order valence-electron chi connectivity index (χ4n) is 3.09. The number of aryl methyl sites for hydroxylation is 1. The van der Waals surface area contributed by atoms with Gasteiger partial charge in [0.05, 0.1) is 11.2 Å². The van der Waals surface area contributed by atoms with Gasteiger partial charge in [-0.2, -0.15) is 5.10 Å². The number of rotatable bonds is 2.